The maximum absolute atomic E-state index is 13.8. The van der Waals surface area contributed by atoms with Gasteiger partial charge in [-0.25, -0.2) is 13.2 Å². The molecule has 6 heteroatoms. The molecule has 0 bridgehead atoms. The molecule has 0 atom stereocenters. The number of benzene rings is 2. The Morgan fingerprint density at radius 2 is 1.79 bits per heavy atom. The predicted octanol–water partition coefficient (Wildman–Crippen LogP) is 4.50. The molecule has 0 radical (unpaired) electrons. The fraction of sp³-hybridized carbons (Fsp3) is 0.0769. The maximum atomic E-state index is 13.8. The standard InChI is InChI=1S/C13H10BrF3N2/c1-6-2-3-8(15)13(12(6)17)19-11-5-9(16)7(14)4-10(11)18/h2-5,19H,18H2,1H3. The quantitative estimate of drug-likeness (QED) is 0.795. The Bertz CT molecular complexity index is 644. The molecule has 0 fully saturated rings. The summed E-state index contributed by atoms with van der Waals surface area (Å²) in [6, 6.07) is 4.84. The Hall–Kier alpha value is -1.69. The van der Waals surface area contributed by atoms with Crippen LogP contribution in [0.1, 0.15) is 5.56 Å². The van der Waals surface area contributed by atoms with Gasteiger partial charge in [-0.15, -0.1) is 0 Å². The molecule has 2 aromatic carbocycles. The second kappa shape index (κ2) is 5.13. The Kier molecular flexibility index (Phi) is 3.71. The summed E-state index contributed by atoms with van der Waals surface area (Å²) in [5.41, 5.74) is 5.87. The van der Waals surface area contributed by atoms with Crippen LogP contribution in [-0.4, -0.2) is 0 Å². The Morgan fingerprint density at radius 1 is 1.11 bits per heavy atom. The van der Waals surface area contributed by atoms with Crippen molar-refractivity contribution in [2.24, 2.45) is 0 Å². The zero-order valence-corrected chi connectivity index (χ0v) is 11.5. The van der Waals surface area contributed by atoms with E-state index in [1.54, 1.807) is 0 Å². The molecule has 100 valence electrons. The van der Waals surface area contributed by atoms with Crippen LogP contribution in [-0.2, 0) is 0 Å². The van der Waals surface area contributed by atoms with E-state index in [0.717, 1.165) is 12.1 Å². The molecule has 0 heterocycles. The van der Waals surface area contributed by atoms with Gasteiger partial charge in [0.25, 0.3) is 0 Å². The van der Waals surface area contributed by atoms with Crippen molar-refractivity contribution in [2.45, 2.75) is 6.92 Å². The van der Waals surface area contributed by atoms with Crippen molar-refractivity contribution < 1.29 is 13.2 Å². The van der Waals surface area contributed by atoms with E-state index in [4.69, 9.17) is 5.73 Å². The van der Waals surface area contributed by atoms with Gasteiger partial charge in [0.05, 0.1) is 15.8 Å². The van der Waals surface area contributed by atoms with Crippen LogP contribution >= 0.6 is 15.9 Å². The fourth-order valence-electron chi connectivity index (χ4n) is 1.58. The van der Waals surface area contributed by atoms with Gasteiger partial charge < -0.3 is 11.1 Å². The molecule has 0 aliphatic carbocycles. The summed E-state index contributed by atoms with van der Waals surface area (Å²) in [6.07, 6.45) is 0. The van der Waals surface area contributed by atoms with Crippen LogP contribution in [0, 0.1) is 24.4 Å². The first-order valence-corrected chi connectivity index (χ1v) is 6.15. The lowest BCUT2D eigenvalue weighted by atomic mass is 10.2. The molecule has 0 amide bonds. The van der Waals surface area contributed by atoms with E-state index in [1.807, 2.05) is 0 Å². The van der Waals surface area contributed by atoms with Crippen molar-refractivity contribution in [2.75, 3.05) is 11.1 Å². The van der Waals surface area contributed by atoms with Gasteiger partial charge in [0.2, 0.25) is 0 Å². The van der Waals surface area contributed by atoms with Gasteiger partial charge in [0.1, 0.15) is 17.3 Å². The molecular formula is C13H10BrF3N2. The molecule has 2 rings (SSSR count). The van der Waals surface area contributed by atoms with Crippen LogP contribution < -0.4 is 11.1 Å². The van der Waals surface area contributed by atoms with Gasteiger partial charge >= 0.3 is 0 Å². The lowest BCUT2D eigenvalue weighted by Gasteiger charge is -2.13. The molecule has 2 aromatic rings. The van der Waals surface area contributed by atoms with Crippen molar-refractivity contribution in [1.29, 1.82) is 0 Å². The zero-order valence-electron chi connectivity index (χ0n) is 9.90. The van der Waals surface area contributed by atoms with Crippen LogP contribution in [0.3, 0.4) is 0 Å². The first kappa shape index (κ1) is 13.7. The van der Waals surface area contributed by atoms with E-state index in [9.17, 15) is 13.2 Å². The normalized spacial score (nSPS) is 10.6. The highest BCUT2D eigenvalue weighted by atomic mass is 79.9. The highest BCUT2D eigenvalue weighted by Crippen LogP contribution is 2.31. The molecule has 0 unspecified atom stereocenters. The third kappa shape index (κ3) is 2.68. The first-order valence-electron chi connectivity index (χ1n) is 5.36. The van der Waals surface area contributed by atoms with Crippen LogP contribution in [0.15, 0.2) is 28.7 Å². The number of rotatable bonds is 2. The second-order valence-corrected chi connectivity index (χ2v) is 4.89. The average Bonchev–Trinajstić information content (AvgIpc) is 2.36. The maximum Gasteiger partial charge on any atom is 0.152 e. The number of nitrogens with two attached hydrogens (primary N) is 1. The average molecular weight is 331 g/mol. The molecule has 0 saturated carbocycles. The highest BCUT2D eigenvalue weighted by Gasteiger charge is 2.14. The Morgan fingerprint density at radius 3 is 2.47 bits per heavy atom. The number of hydrogen-bond acceptors (Lipinski definition) is 2. The van der Waals surface area contributed by atoms with E-state index in [-0.39, 0.29) is 27.1 Å². The van der Waals surface area contributed by atoms with E-state index >= 15 is 0 Å². The van der Waals surface area contributed by atoms with Crippen molar-refractivity contribution in [3.05, 3.63) is 51.8 Å². The molecular weight excluding hydrogens is 321 g/mol. The van der Waals surface area contributed by atoms with Gasteiger partial charge in [-0.05, 0) is 40.5 Å². The number of hydrogen-bond donors (Lipinski definition) is 2. The number of nitrogens with one attached hydrogen (secondary N) is 1. The van der Waals surface area contributed by atoms with Gasteiger partial charge in [-0.2, -0.15) is 0 Å². The van der Waals surface area contributed by atoms with E-state index in [2.05, 4.69) is 21.2 Å². The fourth-order valence-corrected chi connectivity index (χ4v) is 1.94. The topological polar surface area (TPSA) is 38.0 Å². The molecule has 3 N–H and O–H groups in total. The highest BCUT2D eigenvalue weighted by molar-refractivity contribution is 9.10. The smallest absolute Gasteiger partial charge is 0.152 e. The molecule has 19 heavy (non-hydrogen) atoms. The van der Waals surface area contributed by atoms with Crippen molar-refractivity contribution in [3.63, 3.8) is 0 Å². The van der Waals surface area contributed by atoms with Gasteiger partial charge in [-0.3, -0.25) is 0 Å². The largest absolute Gasteiger partial charge is 0.397 e. The minimum absolute atomic E-state index is 0.101. The number of anilines is 3. The molecule has 0 aliphatic heterocycles. The summed E-state index contributed by atoms with van der Waals surface area (Å²) < 4.78 is 41.0. The van der Waals surface area contributed by atoms with Crippen molar-refractivity contribution >= 4 is 33.0 Å². The summed E-state index contributed by atoms with van der Waals surface area (Å²) >= 11 is 2.98. The minimum atomic E-state index is -0.772. The van der Waals surface area contributed by atoms with Crippen LogP contribution in [0.5, 0.6) is 0 Å². The SMILES string of the molecule is Cc1ccc(F)c(Nc2cc(F)c(Br)cc2N)c1F. The second-order valence-electron chi connectivity index (χ2n) is 4.03. The monoisotopic (exact) mass is 330 g/mol. The Balaban J connectivity index is 2.48. The first-order chi connectivity index (χ1) is 8.90. The third-order valence-corrected chi connectivity index (χ3v) is 3.24. The lowest BCUT2D eigenvalue weighted by molar-refractivity contribution is 0.584. The summed E-state index contributed by atoms with van der Waals surface area (Å²) in [5, 5.41) is 2.48. The number of aryl methyl sites for hydroxylation is 1. The number of nitrogen functional groups attached to an aromatic ring is 1. The van der Waals surface area contributed by atoms with E-state index < -0.39 is 17.5 Å². The third-order valence-electron chi connectivity index (χ3n) is 2.64. The van der Waals surface area contributed by atoms with Crippen LogP contribution in [0.4, 0.5) is 30.2 Å². The van der Waals surface area contributed by atoms with Gasteiger partial charge in [-0.1, -0.05) is 6.07 Å². The lowest BCUT2D eigenvalue weighted by Crippen LogP contribution is -2.02. The van der Waals surface area contributed by atoms with Crippen molar-refractivity contribution in [1.82, 2.24) is 0 Å². The predicted molar refractivity (Wildman–Crippen MR) is 72.9 cm³/mol. The van der Waals surface area contributed by atoms with Crippen LogP contribution in [0.2, 0.25) is 0 Å². The summed E-state index contributed by atoms with van der Waals surface area (Å²) in [4.78, 5) is 0. The molecule has 2 nitrogen and oxygen atoms in total. The van der Waals surface area contributed by atoms with E-state index in [1.165, 1.54) is 19.1 Å². The van der Waals surface area contributed by atoms with Gasteiger partial charge in [0.15, 0.2) is 5.82 Å². The molecule has 0 saturated heterocycles. The summed E-state index contributed by atoms with van der Waals surface area (Å²) in [7, 11) is 0. The van der Waals surface area contributed by atoms with Crippen LogP contribution in [0.25, 0.3) is 0 Å². The summed E-state index contributed by atoms with van der Waals surface area (Å²) in [6.45, 7) is 1.51. The van der Waals surface area contributed by atoms with Gasteiger partial charge in [0, 0.05) is 6.07 Å². The summed E-state index contributed by atoms with van der Waals surface area (Å²) in [5.74, 6) is -2.08. The van der Waals surface area contributed by atoms with Crippen molar-refractivity contribution in [3.8, 4) is 0 Å². The Labute approximate surface area is 116 Å². The van der Waals surface area contributed by atoms with E-state index in [0.29, 0.717) is 0 Å². The molecule has 0 aliphatic rings. The number of halogens is 4. The molecule has 0 aromatic heterocycles. The zero-order chi connectivity index (χ0) is 14.2. The minimum Gasteiger partial charge on any atom is -0.397 e. The molecule has 0 spiro atoms.